The van der Waals surface area contributed by atoms with Crippen molar-refractivity contribution in [1.82, 2.24) is 5.16 Å². The van der Waals surface area contributed by atoms with Gasteiger partial charge >= 0.3 is 0 Å². The monoisotopic (exact) mass is 329 g/mol. The number of aryl methyl sites for hydroxylation is 1. The summed E-state index contributed by atoms with van der Waals surface area (Å²) in [5.74, 6) is 0.801. The Morgan fingerprint density at radius 3 is 2.88 bits per heavy atom. The van der Waals surface area contributed by atoms with Crippen LogP contribution >= 0.6 is 22.6 Å². The van der Waals surface area contributed by atoms with Crippen LogP contribution in [0, 0.1) is 10.5 Å². The number of anilines is 2. The minimum Gasteiger partial charge on any atom is -0.397 e. The second kappa shape index (κ2) is 4.73. The molecule has 4 nitrogen and oxygen atoms in total. The van der Waals surface area contributed by atoms with Crippen LogP contribution in [0.25, 0.3) is 0 Å². The molecule has 84 valence electrons. The molecule has 0 amide bonds. The fourth-order valence-electron chi connectivity index (χ4n) is 1.38. The van der Waals surface area contributed by atoms with Gasteiger partial charge in [0.15, 0.2) is 5.76 Å². The SMILES string of the molecule is Cc1cc(CNc2ccc(I)cc2N)on1. The number of halogens is 1. The highest BCUT2D eigenvalue weighted by atomic mass is 127. The van der Waals surface area contributed by atoms with Crippen LogP contribution in [0.5, 0.6) is 0 Å². The fourth-order valence-corrected chi connectivity index (χ4v) is 1.89. The van der Waals surface area contributed by atoms with E-state index in [0.717, 1.165) is 26.4 Å². The number of nitrogens with two attached hydrogens (primary N) is 1. The second-order valence-corrected chi connectivity index (χ2v) is 4.77. The van der Waals surface area contributed by atoms with Crippen LogP contribution in [0.3, 0.4) is 0 Å². The summed E-state index contributed by atoms with van der Waals surface area (Å²) in [6.45, 7) is 2.48. The van der Waals surface area contributed by atoms with Crippen LogP contribution in [0.4, 0.5) is 11.4 Å². The van der Waals surface area contributed by atoms with Gasteiger partial charge in [0.25, 0.3) is 0 Å². The Balaban J connectivity index is 2.04. The first-order chi connectivity index (χ1) is 7.65. The topological polar surface area (TPSA) is 64.1 Å². The third kappa shape index (κ3) is 2.66. The van der Waals surface area contributed by atoms with Crippen LogP contribution in [-0.4, -0.2) is 5.16 Å². The molecule has 0 aliphatic heterocycles. The zero-order valence-electron chi connectivity index (χ0n) is 8.83. The molecule has 0 unspecified atom stereocenters. The third-order valence-corrected chi connectivity index (χ3v) is 2.81. The number of nitrogen functional groups attached to an aromatic ring is 1. The molecule has 0 bridgehead atoms. The minimum absolute atomic E-state index is 0.589. The molecule has 1 aromatic heterocycles. The number of benzene rings is 1. The van der Waals surface area contributed by atoms with Crippen molar-refractivity contribution in [3.8, 4) is 0 Å². The van der Waals surface area contributed by atoms with Crippen LogP contribution in [-0.2, 0) is 6.54 Å². The lowest BCUT2D eigenvalue weighted by molar-refractivity contribution is 0.384. The van der Waals surface area contributed by atoms with E-state index >= 15 is 0 Å². The summed E-state index contributed by atoms with van der Waals surface area (Å²) in [6, 6.07) is 7.79. The highest BCUT2D eigenvalue weighted by molar-refractivity contribution is 14.1. The van der Waals surface area contributed by atoms with Gasteiger partial charge in [-0.25, -0.2) is 0 Å². The summed E-state index contributed by atoms with van der Waals surface area (Å²) in [5.41, 5.74) is 8.41. The van der Waals surface area contributed by atoms with Gasteiger partial charge in [-0.05, 0) is 47.7 Å². The molecule has 0 radical (unpaired) electrons. The number of hydrogen-bond acceptors (Lipinski definition) is 4. The van der Waals surface area contributed by atoms with Gasteiger partial charge in [-0.15, -0.1) is 0 Å². The molecule has 1 aromatic carbocycles. The van der Waals surface area contributed by atoms with Crippen molar-refractivity contribution in [1.29, 1.82) is 0 Å². The summed E-state index contributed by atoms with van der Waals surface area (Å²) >= 11 is 2.23. The first kappa shape index (κ1) is 11.3. The normalized spacial score (nSPS) is 10.4. The quantitative estimate of drug-likeness (QED) is 0.671. The predicted molar refractivity (Wildman–Crippen MR) is 72.1 cm³/mol. The molecular weight excluding hydrogens is 317 g/mol. The summed E-state index contributed by atoms with van der Waals surface area (Å²) in [7, 11) is 0. The van der Waals surface area contributed by atoms with E-state index in [0.29, 0.717) is 6.54 Å². The number of hydrogen-bond donors (Lipinski definition) is 2. The minimum atomic E-state index is 0.589. The maximum atomic E-state index is 5.88. The number of nitrogens with one attached hydrogen (secondary N) is 1. The molecule has 5 heteroatoms. The highest BCUT2D eigenvalue weighted by Crippen LogP contribution is 2.21. The molecular formula is C11H12IN3O. The van der Waals surface area contributed by atoms with E-state index in [-0.39, 0.29) is 0 Å². The zero-order chi connectivity index (χ0) is 11.5. The highest BCUT2D eigenvalue weighted by Gasteiger charge is 2.02. The lowest BCUT2D eigenvalue weighted by Gasteiger charge is -2.07. The van der Waals surface area contributed by atoms with Crippen LogP contribution in [0.2, 0.25) is 0 Å². The molecule has 0 spiro atoms. The van der Waals surface area contributed by atoms with E-state index in [1.807, 2.05) is 31.2 Å². The van der Waals surface area contributed by atoms with Crippen molar-refractivity contribution in [3.05, 3.63) is 39.3 Å². The molecule has 0 aliphatic carbocycles. The Hall–Kier alpha value is -1.24. The first-order valence-corrected chi connectivity index (χ1v) is 5.94. The summed E-state index contributed by atoms with van der Waals surface area (Å²) in [4.78, 5) is 0. The van der Waals surface area contributed by atoms with E-state index in [9.17, 15) is 0 Å². The molecule has 16 heavy (non-hydrogen) atoms. The van der Waals surface area contributed by atoms with E-state index in [4.69, 9.17) is 10.3 Å². The molecule has 0 saturated carbocycles. The van der Waals surface area contributed by atoms with Crippen molar-refractivity contribution in [2.75, 3.05) is 11.1 Å². The standard InChI is InChI=1S/C11H12IN3O/c1-7-4-9(16-15-7)6-14-11-3-2-8(12)5-10(11)13/h2-5,14H,6,13H2,1H3. The Labute approximate surface area is 107 Å². The van der Waals surface area contributed by atoms with Crippen LogP contribution in [0.1, 0.15) is 11.5 Å². The first-order valence-electron chi connectivity index (χ1n) is 4.86. The van der Waals surface area contributed by atoms with Gasteiger partial charge in [0, 0.05) is 9.64 Å². The lowest BCUT2D eigenvalue weighted by Crippen LogP contribution is -2.01. The Kier molecular flexibility index (Phi) is 3.33. The molecule has 0 aliphatic rings. The summed E-state index contributed by atoms with van der Waals surface area (Å²) < 4.78 is 6.22. The smallest absolute Gasteiger partial charge is 0.156 e. The lowest BCUT2D eigenvalue weighted by atomic mass is 10.2. The largest absolute Gasteiger partial charge is 0.397 e. The predicted octanol–water partition coefficient (Wildman–Crippen LogP) is 2.78. The van der Waals surface area contributed by atoms with Crippen molar-refractivity contribution in [3.63, 3.8) is 0 Å². The van der Waals surface area contributed by atoms with Gasteiger partial charge in [-0.2, -0.15) is 0 Å². The number of aromatic nitrogens is 1. The van der Waals surface area contributed by atoms with Crippen LogP contribution < -0.4 is 11.1 Å². The molecule has 0 atom stereocenters. The third-order valence-electron chi connectivity index (χ3n) is 2.14. The average Bonchev–Trinajstić information content (AvgIpc) is 2.63. The van der Waals surface area contributed by atoms with Crippen molar-refractivity contribution in [2.24, 2.45) is 0 Å². The Morgan fingerprint density at radius 2 is 2.25 bits per heavy atom. The van der Waals surface area contributed by atoms with Gasteiger partial charge in [0.2, 0.25) is 0 Å². The maximum Gasteiger partial charge on any atom is 0.156 e. The second-order valence-electron chi connectivity index (χ2n) is 3.52. The van der Waals surface area contributed by atoms with Gasteiger partial charge in [0.05, 0.1) is 23.6 Å². The molecule has 2 aromatic rings. The molecule has 0 fully saturated rings. The van der Waals surface area contributed by atoms with E-state index in [1.165, 1.54) is 0 Å². The van der Waals surface area contributed by atoms with Crippen molar-refractivity contribution in [2.45, 2.75) is 13.5 Å². The number of rotatable bonds is 3. The number of nitrogens with zero attached hydrogens (tertiary/aromatic N) is 1. The Bertz CT molecular complexity index is 496. The van der Waals surface area contributed by atoms with E-state index < -0.39 is 0 Å². The summed E-state index contributed by atoms with van der Waals surface area (Å²) in [5, 5.41) is 7.03. The van der Waals surface area contributed by atoms with Crippen molar-refractivity contribution >= 4 is 34.0 Å². The Morgan fingerprint density at radius 1 is 1.44 bits per heavy atom. The average molecular weight is 329 g/mol. The molecule has 1 heterocycles. The zero-order valence-corrected chi connectivity index (χ0v) is 11.0. The van der Waals surface area contributed by atoms with Crippen LogP contribution in [0.15, 0.2) is 28.8 Å². The molecule has 0 saturated heterocycles. The van der Waals surface area contributed by atoms with Gasteiger partial charge in [-0.3, -0.25) is 0 Å². The van der Waals surface area contributed by atoms with Gasteiger partial charge in [0.1, 0.15) is 0 Å². The maximum absolute atomic E-state index is 5.88. The molecule has 2 rings (SSSR count). The van der Waals surface area contributed by atoms with Gasteiger partial charge < -0.3 is 15.6 Å². The fraction of sp³-hybridized carbons (Fsp3) is 0.182. The van der Waals surface area contributed by atoms with E-state index in [2.05, 4.69) is 33.1 Å². The van der Waals surface area contributed by atoms with Crippen molar-refractivity contribution < 1.29 is 4.52 Å². The summed E-state index contributed by atoms with van der Waals surface area (Å²) in [6.07, 6.45) is 0. The van der Waals surface area contributed by atoms with E-state index in [1.54, 1.807) is 0 Å². The van der Waals surface area contributed by atoms with Gasteiger partial charge in [-0.1, -0.05) is 5.16 Å². The molecule has 3 N–H and O–H groups in total.